The van der Waals surface area contributed by atoms with Crippen LogP contribution in [0.5, 0.6) is 5.75 Å². The Hall–Kier alpha value is -3.67. The fourth-order valence-corrected chi connectivity index (χ4v) is 3.22. The zero-order valence-electron chi connectivity index (χ0n) is 15.7. The minimum Gasteiger partial charge on any atom is -0.497 e. The van der Waals surface area contributed by atoms with Crippen LogP contribution in [0.15, 0.2) is 67.0 Å². The molecule has 0 unspecified atom stereocenters. The largest absolute Gasteiger partial charge is 0.497 e. The highest BCUT2D eigenvalue weighted by Gasteiger charge is 2.12. The molecule has 0 fully saturated rings. The molecule has 0 saturated carbocycles. The first-order valence-electron chi connectivity index (χ1n) is 8.96. The van der Waals surface area contributed by atoms with Crippen LogP contribution in [-0.2, 0) is 11.2 Å². The lowest BCUT2D eigenvalue weighted by molar-refractivity contribution is -0.115. The van der Waals surface area contributed by atoms with Crippen LogP contribution in [-0.4, -0.2) is 27.8 Å². The molecule has 0 radical (unpaired) electrons. The molecule has 2 heterocycles. The second-order valence-electron chi connectivity index (χ2n) is 6.52. The number of rotatable bonds is 5. The second-order valence-corrected chi connectivity index (χ2v) is 6.52. The summed E-state index contributed by atoms with van der Waals surface area (Å²) in [5.41, 5.74) is 3.32. The highest BCUT2D eigenvalue weighted by Crippen LogP contribution is 2.23. The van der Waals surface area contributed by atoms with Crippen molar-refractivity contribution in [3.05, 3.63) is 78.4 Å². The Morgan fingerprint density at radius 1 is 1.14 bits per heavy atom. The molecule has 2 aromatic carbocycles. The quantitative estimate of drug-likeness (QED) is 0.576. The van der Waals surface area contributed by atoms with Crippen LogP contribution in [0.2, 0.25) is 0 Å². The summed E-state index contributed by atoms with van der Waals surface area (Å²) in [5, 5.41) is 9.52. The Morgan fingerprint density at radius 2 is 2.00 bits per heavy atom. The van der Waals surface area contributed by atoms with Crippen molar-refractivity contribution in [2.45, 2.75) is 13.3 Å². The Kier molecular flexibility index (Phi) is 4.76. The van der Waals surface area contributed by atoms with E-state index in [0.717, 1.165) is 33.6 Å². The van der Waals surface area contributed by atoms with Gasteiger partial charge in [0.2, 0.25) is 5.91 Å². The van der Waals surface area contributed by atoms with Crippen LogP contribution in [0.25, 0.3) is 16.5 Å². The van der Waals surface area contributed by atoms with Crippen molar-refractivity contribution in [1.29, 1.82) is 0 Å². The number of fused-ring (bicyclic) bond motifs is 1. The molecule has 4 rings (SSSR count). The van der Waals surface area contributed by atoms with Crippen LogP contribution in [0, 0.1) is 6.92 Å². The van der Waals surface area contributed by atoms with Gasteiger partial charge in [-0.1, -0.05) is 18.2 Å². The van der Waals surface area contributed by atoms with Gasteiger partial charge in [0.15, 0.2) is 0 Å². The molecule has 1 amide bonds. The molecule has 0 aliphatic rings. The first kappa shape index (κ1) is 17.7. The molecule has 0 aliphatic heterocycles. The maximum Gasteiger partial charge on any atom is 0.230 e. The highest BCUT2D eigenvalue weighted by atomic mass is 16.5. The van der Waals surface area contributed by atoms with E-state index in [1.807, 2.05) is 66.2 Å². The summed E-state index contributed by atoms with van der Waals surface area (Å²) in [7, 11) is 1.63. The number of carbonyl (C=O) groups is 1. The average Bonchev–Trinajstić information content (AvgIpc) is 3.08. The third kappa shape index (κ3) is 3.57. The maximum absolute atomic E-state index is 12.6. The van der Waals surface area contributed by atoms with Gasteiger partial charge in [-0.2, -0.15) is 5.10 Å². The van der Waals surface area contributed by atoms with Gasteiger partial charge in [0.1, 0.15) is 5.75 Å². The number of carbonyl (C=O) groups excluding carboxylic acids is 1. The van der Waals surface area contributed by atoms with Gasteiger partial charge in [-0.3, -0.25) is 9.78 Å². The third-order valence-corrected chi connectivity index (χ3v) is 4.53. The summed E-state index contributed by atoms with van der Waals surface area (Å²) >= 11 is 0. The van der Waals surface area contributed by atoms with Crippen LogP contribution in [0.1, 0.15) is 11.4 Å². The van der Waals surface area contributed by atoms with Crippen LogP contribution >= 0.6 is 0 Å². The Morgan fingerprint density at radius 3 is 2.86 bits per heavy atom. The van der Waals surface area contributed by atoms with E-state index in [2.05, 4.69) is 15.4 Å². The average molecular weight is 372 g/mol. The molecule has 4 aromatic rings. The van der Waals surface area contributed by atoms with Crippen LogP contribution < -0.4 is 10.1 Å². The van der Waals surface area contributed by atoms with Gasteiger partial charge < -0.3 is 10.1 Å². The van der Waals surface area contributed by atoms with Crippen molar-refractivity contribution in [2.24, 2.45) is 0 Å². The summed E-state index contributed by atoms with van der Waals surface area (Å²) in [6, 6.07) is 17.2. The van der Waals surface area contributed by atoms with Crippen LogP contribution in [0.4, 0.5) is 5.69 Å². The summed E-state index contributed by atoms with van der Waals surface area (Å²) in [4.78, 5) is 16.7. The SMILES string of the molecule is COc1cccc(-n2nc(CC(=O)Nc3cccc4cnccc34)cc2C)c1. The topological polar surface area (TPSA) is 69.0 Å². The molecular weight excluding hydrogens is 352 g/mol. The van der Waals surface area contributed by atoms with Gasteiger partial charge >= 0.3 is 0 Å². The maximum atomic E-state index is 12.6. The number of nitrogens with zero attached hydrogens (tertiary/aromatic N) is 3. The Bertz CT molecular complexity index is 1140. The zero-order valence-corrected chi connectivity index (χ0v) is 15.7. The molecule has 28 heavy (non-hydrogen) atoms. The van der Waals surface area contributed by atoms with Crippen molar-refractivity contribution >= 4 is 22.4 Å². The van der Waals surface area contributed by atoms with Gasteiger partial charge in [-0.05, 0) is 37.3 Å². The predicted molar refractivity (Wildman–Crippen MR) is 109 cm³/mol. The summed E-state index contributed by atoms with van der Waals surface area (Å²) in [6.45, 7) is 1.96. The lowest BCUT2D eigenvalue weighted by Gasteiger charge is -2.08. The molecule has 2 aromatic heterocycles. The second kappa shape index (κ2) is 7.52. The molecule has 1 N–H and O–H groups in total. The standard InChI is InChI=1S/C22H20N4O2/c1-15-11-17(25-26(15)18-6-4-7-19(13-18)28-2)12-22(27)24-21-8-3-5-16-14-23-10-9-20(16)21/h3-11,13-14H,12H2,1-2H3,(H,24,27). The summed E-state index contributed by atoms with van der Waals surface area (Å²) in [6.07, 6.45) is 3.70. The van der Waals surface area contributed by atoms with E-state index in [1.54, 1.807) is 19.5 Å². The van der Waals surface area contributed by atoms with E-state index in [9.17, 15) is 4.79 Å². The number of anilines is 1. The van der Waals surface area contributed by atoms with E-state index < -0.39 is 0 Å². The molecule has 0 bridgehead atoms. The van der Waals surface area contributed by atoms with Gasteiger partial charge in [0.25, 0.3) is 0 Å². The number of aromatic nitrogens is 3. The minimum absolute atomic E-state index is 0.111. The van der Waals surface area contributed by atoms with Crippen LogP contribution in [0.3, 0.4) is 0 Å². The van der Waals surface area contributed by atoms with Crippen molar-refractivity contribution in [3.63, 3.8) is 0 Å². The smallest absolute Gasteiger partial charge is 0.230 e. The van der Waals surface area contributed by atoms with Crippen molar-refractivity contribution < 1.29 is 9.53 Å². The molecule has 0 atom stereocenters. The number of hydrogen-bond acceptors (Lipinski definition) is 4. The van der Waals surface area contributed by atoms with Gasteiger partial charge in [-0.15, -0.1) is 0 Å². The molecular formula is C22H20N4O2. The summed E-state index contributed by atoms with van der Waals surface area (Å²) < 4.78 is 7.09. The number of methoxy groups -OCH3 is 1. The van der Waals surface area contributed by atoms with E-state index >= 15 is 0 Å². The Balaban J connectivity index is 1.54. The molecule has 0 saturated heterocycles. The van der Waals surface area contributed by atoms with Gasteiger partial charge in [-0.25, -0.2) is 4.68 Å². The normalized spacial score (nSPS) is 10.8. The van der Waals surface area contributed by atoms with E-state index in [1.165, 1.54) is 0 Å². The lowest BCUT2D eigenvalue weighted by Crippen LogP contribution is -2.15. The number of ether oxygens (including phenoxy) is 1. The lowest BCUT2D eigenvalue weighted by atomic mass is 10.1. The minimum atomic E-state index is -0.111. The predicted octanol–water partition coefficient (Wildman–Crippen LogP) is 3.92. The van der Waals surface area contributed by atoms with E-state index in [0.29, 0.717) is 5.69 Å². The zero-order chi connectivity index (χ0) is 19.5. The molecule has 6 nitrogen and oxygen atoms in total. The fraction of sp³-hybridized carbons (Fsp3) is 0.136. The third-order valence-electron chi connectivity index (χ3n) is 4.53. The number of pyridine rings is 1. The number of aryl methyl sites for hydroxylation is 1. The summed E-state index contributed by atoms with van der Waals surface area (Å²) in [5.74, 6) is 0.650. The number of nitrogens with one attached hydrogen (secondary N) is 1. The molecule has 6 heteroatoms. The monoisotopic (exact) mass is 372 g/mol. The van der Waals surface area contributed by atoms with E-state index in [4.69, 9.17) is 4.74 Å². The first-order chi connectivity index (χ1) is 13.6. The number of hydrogen-bond donors (Lipinski definition) is 1. The first-order valence-corrected chi connectivity index (χ1v) is 8.96. The number of benzene rings is 2. The van der Waals surface area contributed by atoms with Crippen molar-refractivity contribution in [3.8, 4) is 11.4 Å². The van der Waals surface area contributed by atoms with Gasteiger partial charge in [0, 0.05) is 40.6 Å². The molecule has 140 valence electrons. The highest BCUT2D eigenvalue weighted by molar-refractivity contribution is 6.02. The van der Waals surface area contributed by atoms with E-state index in [-0.39, 0.29) is 12.3 Å². The number of amides is 1. The van der Waals surface area contributed by atoms with Crippen molar-refractivity contribution in [1.82, 2.24) is 14.8 Å². The fourth-order valence-electron chi connectivity index (χ4n) is 3.22. The van der Waals surface area contributed by atoms with Crippen molar-refractivity contribution in [2.75, 3.05) is 12.4 Å². The molecule has 0 aliphatic carbocycles. The van der Waals surface area contributed by atoms with Gasteiger partial charge in [0.05, 0.1) is 24.9 Å². The molecule has 0 spiro atoms. The Labute approximate surface area is 162 Å².